The van der Waals surface area contributed by atoms with E-state index < -0.39 is 0 Å². The van der Waals surface area contributed by atoms with Crippen LogP contribution in [0.2, 0.25) is 0 Å². The molecule has 1 atom stereocenters. The largest absolute Gasteiger partial charge is 0.508 e. The van der Waals surface area contributed by atoms with E-state index in [9.17, 15) is 5.11 Å². The number of benzene rings is 2. The lowest BCUT2D eigenvalue weighted by Gasteiger charge is -2.18. The zero-order valence-corrected chi connectivity index (χ0v) is 12.3. The minimum atomic E-state index is 0.305. The summed E-state index contributed by atoms with van der Waals surface area (Å²) in [5, 5.41) is 12.8. The van der Waals surface area contributed by atoms with Gasteiger partial charge < -0.3 is 10.4 Å². The Bertz CT molecular complexity index is 516. The normalized spacial score (nSPS) is 12.1. The number of rotatable bonds is 6. The van der Waals surface area contributed by atoms with Gasteiger partial charge in [0.05, 0.1) is 0 Å². The van der Waals surface area contributed by atoms with E-state index in [4.69, 9.17) is 0 Å². The van der Waals surface area contributed by atoms with E-state index in [-0.39, 0.29) is 0 Å². The quantitative estimate of drug-likeness (QED) is 0.745. The first-order valence-corrected chi connectivity index (χ1v) is 7.28. The van der Waals surface area contributed by atoms with Crippen LogP contribution >= 0.6 is 0 Å². The van der Waals surface area contributed by atoms with Crippen molar-refractivity contribution in [3.63, 3.8) is 0 Å². The van der Waals surface area contributed by atoms with Crippen molar-refractivity contribution in [2.75, 3.05) is 11.9 Å². The maximum Gasteiger partial charge on any atom is 0.115 e. The Kier molecular flexibility index (Phi) is 5.05. The van der Waals surface area contributed by atoms with Crippen LogP contribution in [0.5, 0.6) is 5.75 Å². The van der Waals surface area contributed by atoms with Gasteiger partial charge in [0.1, 0.15) is 5.75 Å². The third kappa shape index (κ3) is 4.02. The Balaban J connectivity index is 2.02. The molecule has 0 aliphatic heterocycles. The topological polar surface area (TPSA) is 32.3 Å². The SMILES string of the molecule is CCCC(CNc1ccc(O)cc1)c1ccc(C)cc1. The van der Waals surface area contributed by atoms with Crippen LogP contribution < -0.4 is 5.32 Å². The van der Waals surface area contributed by atoms with Crippen molar-refractivity contribution < 1.29 is 5.11 Å². The van der Waals surface area contributed by atoms with Crippen molar-refractivity contribution in [3.8, 4) is 5.75 Å². The van der Waals surface area contributed by atoms with Crippen LogP contribution in [0.3, 0.4) is 0 Å². The molecule has 0 aliphatic carbocycles. The lowest BCUT2D eigenvalue weighted by molar-refractivity contribution is 0.475. The first-order valence-electron chi connectivity index (χ1n) is 7.28. The molecular formula is C18H23NO. The molecule has 0 heterocycles. The Labute approximate surface area is 121 Å². The van der Waals surface area contributed by atoms with Gasteiger partial charge in [-0.25, -0.2) is 0 Å². The number of phenolic OH excluding ortho intramolecular Hbond substituents is 1. The summed E-state index contributed by atoms with van der Waals surface area (Å²) in [4.78, 5) is 0. The number of phenols is 1. The van der Waals surface area contributed by atoms with Gasteiger partial charge in [0.15, 0.2) is 0 Å². The highest BCUT2D eigenvalue weighted by atomic mass is 16.3. The minimum absolute atomic E-state index is 0.305. The van der Waals surface area contributed by atoms with Gasteiger partial charge in [0.2, 0.25) is 0 Å². The summed E-state index contributed by atoms with van der Waals surface area (Å²) < 4.78 is 0. The summed E-state index contributed by atoms with van der Waals surface area (Å²) in [7, 11) is 0. The summed E-state index contributed by atoms with van der Waals surface area (Å²) in [5.41, 5.74) is 3.75. The molecule has 2 N–H and O–H groups in total. The van der Waals surface area contributed by atoms with E-state index in [0.29, 0.717) is 11.7 Å². The van der Waals surface area contributed by atoms with Crippen molar-refractivity contribution >= 4 is 5.69 Å². The lowest BCUT2D eigenvalue weighted by Crippen LogP contribution is -2.12. The Morgan fingerprint density at radius 1 is 1.00 bits per heavy atom. The van der Waals surface area contributed by atoms with E-state index in [1.165, 1.54) is 24.0 Å². The maximum atomic E-state index is 9.29. The van der Waals surface area contributed by atoms with Crippen LogP contribution in [-0.4, -0.2) is 11.7 Å². The molecule has 2 aromatic carbocycles. The highest BCUT2D eigenvalue weighted by Crippen LogP contribution is 2.23. The molecule has 20 heavy (non-hydrogen) atoms. The second-order valence-corrected chi connectivity index (χ2v) is 5.32. The van der Waals surface area contributed by atoms with E-state index in [1.54, 1.807) is 12.1 Å². The molecule has 1 unspecified atom stereocenters. The molecule has 0 aliphatic rings. The van der Waals surface area contributed by atoms with Crippen LogP contribution in [-0.2, 0) is 0 Å². The Hall–Kier alpha value is -1.96. The molecule has 0 saturated carbocycles. The van der Waals surface area contributed by atoms with Crippen LogP contribution in [0, 0.1) is 6.92 Å². The van der Waals surface area contributed by atoms with Gasteiger partial charge in [-0.1, -0.05) is 43.2 Å². The van der Waals surface area contributed by atoms with Gasteiger partial charge in [-0.2, -0.15) is 0 Å². The third-order valence-electron chi connectivity index (χ3n) is 3.61. The molecule has 2 rings (SSSR count). The zero-order chi connectivity index (χ0) is 14.4. The van der Waals surface area contributed by atoms with Gasteiger partial charge in [-0.3, -0.25) is 0 Å². The monoisotopic (exact) mass is 269 g/mol. The Morgan fingerprint density at radius 3 is 2.25 bits per heavy atom. The number of aryl methyl sites for hydroxylation is 1. The molecule has 0 fully saturated rings. The lowest BCUT2D eigenvalue weighted by atomic mass is 9.93. The Morgan fingerprint density at radius 2 is 1.65 bits per heavy atom. The number of hydrogen-bond acceptors (Lipinski definition) is 2. The summed E-state index contributed by atoms with van der Waals surface area (Å²) in [6.45, 7) is 5.26. The predicted molar refractivity (Wildman–Crippen MR) is 85.4 cm³/mol. The number of hydrogen-bond donors (Lipinski definition) is 2. The highest BCUT2D eigenvalue weighted by molar-refractivity contribution is 5.46. The summed E-state index contributed by atoms with van der Waals surface area (Å²) in [5.74, 6) is 0.827. The van der Waals surface area contributed by atoms with Crippen molar-refractivity contribution in [1.82, 2.24) is 0 Å². The molecule has 0 bridgehead atoms. The average Bonchev–Trinajstić information content (AvgIpc) is 2.46. The van der Waals surface area contributed by atoms with Crippen LogP contribution in [0.4, 0.5) is 5.69 Å². The second kappa shape index (κ2) is 6.99. The predicted octanol–water partition coefficient (Wildman–Crippen LogP) is 4.70. The maximum absolute atomic E-state index is 9.29. The van der Waals surface area contributed by atoms with E-state index >= 15 is 0 Å². The summed E-state index contributed by atoms with van der Waals surface area (Å²) >= 11 is 0. The molecule has 2 nitrogen and oxygen atoms in total. The molecule has 2 aromatic rings. The summed E-state index contributed by atoms with van der Waals surface area (Å²) in [6, 6.07) is 16.1. The van der Waals surface area contributed by atoms with E-state index in [0.717, 1.165) is 12.2 Å². The zero-order valence-electron chi connectivity index (χ0n) is 12.3. The first-order chi connectivity index (χ1) is 9.69. The van der Waals surface area contributed by atoms with Gasteiger partial charge in [0.25, 0.3) is 0 Å². The summed E-state index contributed by atoms with van der Waals surface area (Å²) in [6.07, 6.45) is 2.35. The molecular weight excluding hydrogens is 246 g/mol. The third-order valence-corrected chi connectivity index (χ3v) is 3.61. The van der Waals surface area contributed by atoms with Crippen molar-refractivity contribution in [2.24, 2.45) is 0 Å². The van der Waals surface area contributed by atoms with Crippen molar-refractivity contribution in [2.45, 2.75) is 32.6 Å². The van der Waals surface area contributed by atoms with Gasteiger partial charge in [0, 0.05) is 18.2 Å². The van der Waals surface area contributed by atoms with E-state index in [2.05, 4.69) is 43.4 Å². The molecule has 106 valence electrons. The smallest absolute Gasteiger partial charge is 0.115 e. The molecule has 0 aromatic heterocycles. The van der Waals surface area contributed by atoms with Gasteiger partial charge in [-0.15, -0.1) is 0 Å². The van der Waals surface area contributed by atoms with E-state index in [1.807, 2.05) is 12.1 Å². The molecule has 0 saturated heterocycles. The van der Waals surface area contributed by atoms with Gasteiger partial charge >= 0.3 is 0 Å². The standard InChI is InChI=1S/C18H23NO/c1-3-4-16(15-7-5-14(2)6-8-15)13-19-17-9-11-18(20)12-10-17/h5-12,16,19-20H,3-4,13H2,1-2H3. The van der Waals surface area contributed by atoms with Crippen LogP contribution in [0.15, 0.2) is 48.5 Å². The minimum Gasteiger partial charge on any atom is -0.508 e. The highest BCUT2D eigenvalue weighted by Gasteiger charge is 2.10. The van der Waals surface area contributed by atoms with Crippen LogP contribution in [0.1, 0.15) is 36.8 Å². The number of nitrogens with one attached hydrogen (secondary N) is 1. The van der Waals surface area contributed by atoms with Crippen LogP contribution in [0.25, 0.3) is 0 Å². The van der Waals surface area contributed by atoms with Crippen molar-refractivity contribution in [1.29, 1.82) is 0 Å². The first kappa shape index (κ1) is 14.4. The fourth-order valence-electron chi connectivity index (χ4n) is 2.39. The second-order valence-electron chi connectivity index (χ2n) is 5.32. The molecule has 0 radical (unpaired) electrons. The fraction of sp³-hybridized carbons (Fsp3) is 0.333. The fourth-order valence-corrected chi connectivity index (χ4v) is 2.39. The molecule has 2 heteroatoms. The van der Waals surface area contributed by atoms with Crippen molar-refractivity contribution in [3.05, 3.63) is 59.7 Å². The number of anilines is 1. The molecule has 0 spiro atoms. The van der Waals surface area contributed by atoms with Gasteiger partial charge in [-0.05, 0) is 43.2 Å². The molecule has 0 amide bonds. The average molecular weight is 269 g/mol. The number of aromatic hydroxyl groups is 1.